The molecule has 1 aromatic carbocycles. The molecule has 0 radical (unpaired) electrons. The number of amidine groups is 1. The molecule has 1 heterocycles. The molecule has 4 N–H and O–H groups in total. The first-order valence-corrected chi connectivity index (χ1v) is 6.39. The summed E-state index contributed by atoms with van der Waals surface area (Å²) in [7, 11) is 0. The first kappa shape index (κ1) is 15.2. The topological polar surface area (TPSA) is 100 Å². The second-order valence-electron chi connectivity index (χ2n) is 4.00. The quantitative estimate of drug-likeness (QED) is 0.349. The molecule has 10 heteroatoms. The maximum Gasteiger partial charge on any atom is 0.417 e. The van der Waals surface area contributed by atoms with Crippen LogP contribution in [0, 0.1) is 6.92 Å². The van der Waals surface area contributed by atoms with Gasteiger partial charge in [0.1, 0.15) is 5.82 Å². The Kier molecular flexibility index (Phi) is 4.07. The number of aromatic nitrogens is 3. The monoisotopic (exact) mass is 317 g/mol. The van der Waals surface area contributed by atoms with E-state index in [-0.39, 0.29) is 0 Å². The summed E-state index contributed by atoms with van der Waals surface area (Å²) in [5, 5.41) is 18.1. The molecule has 0 fully saturated rings. The third-order valence-corrected chi connectivity index (χ3v) is 3.32. The van der Waals surface area contributed by atoms with E-state index in [1.165, 1.54) is 12.1 Å². The molecule has 0 spiro atoms. The highest BCUT2D eigenvalue weighted by Crippen LogP contribution is 2.35. The standard InChI is InChI=1S/C11H10F3N5OS/c1-5-16-10(18-17-5)21-6-2-3-8(11(12,13)14)7(4-6)9(15)19-20/h2-4,20H,1H3,(H2,15,19)(H,16,17,18). The highest BCUT2D eigenvalue weighted by Gasteiger charge is 2.34. The predicted molar refractivity (Wildman–Crippen MR) is 69.2 cm³/mol. The molecule has 0 saturated carbocycles. The van der Waals surface area contributed by atoms with Gasteiger partial charge in [0.15, 0.2) is 5.84 Å². The largest absolute Gasteiger partial charge is 0.417 e. The van der Waals surface area contributed by atoms with Crippen LogP contribution >= 0.6 is 11.8 Å². The minimum atomic E-state index is -4.60. The lowest BCUT2D eigenvalue weighted by Crippen LogP contribution is -2.20. The Labute approximate surface area is 121 Å². The molecule has 112 valence electrons. The molecule has 0 bridgehead atoms. The number of nitrogens with two attached hydrogens (primary N) is 1. The van der Waals surface area contributed by atoms with E-state index in [1.807, 2.05) is 0 Å². The highest BCUT2D eigenvalue weighted by atomic mass is 32.2. The number of benzene rings is 1. The normalized spacial score (nSPS) is 12.7. The Morgan fingerprint density at radius 1 is 1.43 bits per heavy atom. The van der Waals surface area contributed by atoms with Gasteiger partial charge in [-0.2, -0.15) is 13.2 Å². The number of H-pyrrole nitrogens is 1. The van der Waals surface area contributed by atoms with Gasteiger partial charge in [0.2, 0.25) is 5.16 Å². The number of aryl methyl sites for hydroxylation is 1. The van der Waals surface area contributed by atoms with Crippen molar-refractivity contribution in [3.63, 3.8) is 0 Å². The Morgan fingerprint density at radius 2 is 2.14 bits per heavy atom. The van der Waals surface area contributed by atoms with Gasteiger partial charge in [0, 0.05) is 10.5 Å². The first-order chi connectivity index (χ1) is 9.81. The fourth-order valence-electron chi connectivity index (χ4n) is 1.57. The van der Waals surface area contributed by atoms with Crippen LogP contribution in [0.2, 0.25) is 0 Å². The number of nitrogens with zero attached hydrogens (tertiary/aromatic N) is 3. The molecule has 0 unspecified atom stereocenters. The van der Waals surface area contributed by atoms with Crippen LogP contribution in [0.15, 0.2) is 33.4 Å². The Morgan fingerprint density at radius 3 is 2.67 bits per heavy atom. The number of aromatic amines is 1. The summed E-state index contributed by atoms with van der Waals surface area (Å²) in [6.07, 6.45) is -4.60. The van der Waals surface area contributed by atoms with E-state index in [1.54, 1.807) is 6.92 Å². The van der Waals surface area contributed by atoms with Crippen molar-refractivity contribution in [3.8, 4) is 0 Å². The summed E-state index contributed by atoms with van der Waals surface area (Å²) in [5.41, 5.74) is 3.93. The van der Waals surface area contributed by atoms with Crippen molar-refractivity contribution in [1.82, 2.24) is 15.2 Å². The molecular weight excluding hydrogens is 307 g/mol. The zero-order valence-electron chi connectivity index (χ0n) is 10.6. The second kappa shape index (κ2) is 5.64. The molecule has 0 atom stereocenters. The number of alkyl halides is 3. The van der Waals surface area contributed by atoms with Crippen LogP contribution in [0.1, 0.15) is 17.0 Å². The van der Waals surface area contributed by atoms with Crippen LogP contribution in [0.4, 0.5) is 13.2 Å². The average molecular weight is 317 g/mol. The Hall–Kier alpha value is -2.23. The van der Waals surface area contributed by atoms with Crippen molar-refractivity contribution in [2.45, 2.75) is 23.2 Å². The lowest BCUT2D eigenvalue weighted by Gasteiger charge is -2.12. The number of nitrogens with one attached hydrogen (secondary N) is 1. The van der Waals surface area contributed by atoms with Crippen molar-refractivity contribution < 1.29 is 18.4 Å². The molecule has 1 aromatic heterocycles. The van der Waals surface area contributed by atoms with Crippen LogP contribution in [-0.2, 0) is 6.18 Å². The number of halogens is 3. The summed E-state index contributed by atoms with van der Waals surface area (Å²) < 4.78 is 38.6. The van der Waals surface area contributed by atoms with E-state index in [2.05, 4.69) is 20.3 Å². The number of rotatable bonds is 3. The zero-order valence-corrected chi connectivity index (χ0v) is 11.5. The minimum absolute atomic E-state index is 0.359. The fourth-order valence-corrected chi connectivity index (χ4v) is 2.37. The van der Waals surface area contributed by atoms with Crippen LogP contribution in [-0.4, -0.2) is 26.2 Å². The van der Waals surface area contributed by atoms with E-state index >= 15 is 0 Å². The predicted octanol–water partition coefficient (Wildman–Crippen LogP) is 2.38. The molecule has 2 aromatic rings. The lowest BCUT2D eigenvalue weighted by molar-refractivity contribution is -0.137. The molecule has 0 saturated heterocycles. The van der Waals surface area contributed by atoms with Crippen LogP contribution < -0.4 is 5.73 Å². The third-order valence-electron chi connectivity index (χ3n) is 2.47. The Balaban J connectivity index is 2.42. The summed E-state index contributed by atoms with van der Waals surface area (Å²) in [6.45, 7) is 1.70. The SMILES string of the molecule is Cc1nc(Sc2ccc(C(F)(F)F)c(/C(N)=N/O)c2)n[nH]1. The number of hydrogen-bond donors (Lipinski definition) is 3. The molecule has 6 nitrogen and oxygen atoms in total. The lowest BCUT2D eigenvalue weighted by atomic mass is 10.1. The summed E-state index contributed by atoms with van der Waals surface area (Å²) in [4.78, 5) is 4.47. The van der Waals surface area contributed by atoms with Crippen molar-refractivity contribution in [2.75, 3.05) is 0 Å². The summed E-state index contributed by atoms with van der Waals surface area (Å²) >= 11 is 1.06. The first-order valence-electron chi connectivity index (χ1n) is 5.57. The maximum atomic E-state index is 12.9. The molecule has 0 aliphatic heterocycles. The molecule has 0 amide bonds. The Bertz CT molecular complexity index is 683. The van der Waals surface area contributed by atoms with E-state index < -0.39 is 23.1 Å². The van der Waals surface area contributed by atoms with E-state index in [9.17, 15) is 13.2 Å². The third kappa shape index (κ3) is 3.45. The van der Waals surface area contributed by atoms with Gasteiger partial charge in [-0.05, 0) is 36.9 Å². The van der Waals surface area contributed by atoms with E-state index in [0.29, 0.717) is 15.9 Å². The van der Waals surface area contributed by atoms with Crippen LogP contribution in [0.25, 0.3) is 0 Å². The van der Waals surface area contributed by atoms with Gasteiger partial charge in [-0.15, -0.1) is 5.10 Å². The molecule has 21 heavy (non-hydrogen) atoms. The van der Waals surface area contributed by atoms with Crippen LogP contribution in [0.3, 0.4) is 0 Å². The maximum absolute atomic E-state index is 12.9. The smallest absolute Gasteiger partial charge is 0.409 e. The van der Waals surface area contributed by atoms with Gasteiger partial charge in [0.05, 0.1) is 5.56 Å². The summed E-state index contributed by atoms with van der Waals surface area (Å²) in [6, 6.07) is 3.32. The van der Waals surface area contributed by atoms with Crippen molar-refractivity contribution >= 4 is 17.6 Å². The molecule has 2 rings (SSSR count). The molecule has 0 aliphatic carbocycles. The molecule has 0 aliphatic rings. The number of hydrogen-bond acceptors (Lipinski definition) is 5. The van der Waals surface area contributed by atoms with Gasteiger partial charge in [-0.1, -0.05) is 5.16 Å². The van der Waals surface area contributed by atoms with Gasteiger partial charge in [0.25, 0.3) is 0 Å². The zero-order chi connectivity index (χ0) is 15.6. The minimum Gasteiger partial charge on any atom is -0.409 e. The average Bonchev–Trinajstić information content (AvgIpc) is 2.82. The van der Waals surface area contributed by atoms with Gasteiger partial charge < -0.3 is 10.9 Å². The van der Waals surface area contributed by atoms with E-state index in [4.69, 9.17) is 10.9 Å². The van der Waals surface area contributed by atoms with Gasteiger partial charge in [-0.3, -0.25) is 5.10 Å². The summed E-state index contributed by atoms with van der Waals surface area (Å²) in [5.74, 6) is -0.0305. The number of oxime groups is 1. The van der Waals surface area contributed by atoms with Crippen molar-refractivity contribution in [2.24, 2.45) is 10.9 Å². The highest BCUT2D eigenvalue weighted by molar-refractivity contribution is 7.99. The van der Waals surface area contributed by atoms with Gasteiger partial charge >= 0.3 is 6.18 Å². The van der Waals surface area contributed by atoms with Gasteiger partial charge in [-0.25, -0.2) is 4.98 Å². The fraction of sp³-hybridized carbons (Fsp3) is 0.182. The molecular formula is C11H10F3N5OS. The van der Waals surface area contributed by atoms with Crippen LogP contribution in [0.5, 0.6) is 0 Å². The van der Waals surface area contributed by atoms with Crippen molar-refractivity contribution in [3.05, 3.63) is 35.2 Å². The second-order valence-corrected chi connectivity index (χ2v) is 5.04. The van der Waals surface area contributed by atoms with Crippen molar-refractivity contribution in [1.29, 1.82) is 0 Å². The van der Waals surface area contributed by atoms with E-state index in [0.717, 1.165) is 17.8 Å².